The van der Waals surface area contributed by atoms with E-state index in [1.165, 1.54) is 50.3 Å². The molecule has 208 valence electrons. The fourth-order valence-corrected chi connectivity index (χ4v) is 6.06. The van der Waals surface area contributed by atoms with E-state index in [4.69, 9.17) is 4.74 Å². The molecule has 0 bridgehead atoms. The molecule has 0 unspecified atom stereocenters. The Morgan fingerprint density at radius 1 is 0.875 bits per heavy atom. The molecule has 0 amide bonds. The first kappa shape index (κ1) is 29.3. The largest absolute Gasteiger partial charge is 0.494 e. The maximum absolute atomic E-state index is 11.4. The first-order valence-corrected chi connectivity index (χ1v) is 15.2. The number of ether oxygens (including phenoxy) is 1. The summed E-state index contributed by atoms with van der Waals surface area (Å²) in [6, 6.07) is 22.7. The van der Waals surface area contributed by atoms with Crippen LogP contribution in [-0.2, 0) is 4.79 Å². The van der Waals surface area contributed by atoms with Gasteiger partial charge in [0.2, 0.25) is 0 Å². The third kappa shape index (κ3) is 7.49. The summed E-state index contributed by atoms with van der Waals surface area (Å²) in [7, 11) is 0. The number of unbranched alkanes of at least 4 members (excludes halogenated alkanes) is 6. The van der Waals surface area contributed by atoms with Gasteiger partial charge in [-0.1, -0.05) is 88.4 Å². The standard InChI is InChI=1S/C34H38N2O3S/c1-3-5-7-9-19-36-30-17-11-25(21-28(24-35)34(37)38)22-32(30)40-33-23-27(14-18-31(33)36)26-12-15-29(16-13-26)39-20-10-8-6-4-2/h11-18,21-23H,3-10,19-20H2,1-2H3,(H,37,38)/b28-21-. The van der Waals surface area contributed by atoms with Crippen LogP contribution in [0.5, 0.6) is 5.75 Å². The van der Waals surface area contributed by atoms with Crippen LogP contribution < -0.4 is 9.64 Å². The molecule has 1 N–H and O–H groups in total. The zero-order valence-corrected chi connectivity index (χ0v) is 24.3. The van der Waals surface area contributed by atoms with Crippen LogP contribution in [0.2, 0.25) is 0 Å². The monoisotopic (exact) mass is 554 g/mol. The van der Waals surface area contributed by atoms with Gasteiger partial charge in [0.05, 0.1) is 18.0 Å². The maximum atomic E-state index is 11.4. The van der Waals surface area contributed by atoms with Crippen molar-refractivity contribution in [3.63, 3.8) is 0 Å². The summed E-state index contributed by atoms with van der Waals surface area (Å²) in [4.78, 5) is 16.0. The Labute approximate surface area is 242 Å². The number of carbonyl (C=O) groups is 1. The second-order valence-electron chi connectivity index (χ2n) is 10.1. The lowest BCUT2D eigenvalue weighted by atomic mass is 10.0. The highest BCUT2D eigenvalue weighted by Crippen LogP contribution is 2.49. The quantitative estimate of drug-likeness (QED) is 0.121. The number of carboxylic acids is 1. The van der Waals surface area contributed by atoms with E-state index in [2.05, 4.69) is 49.1 Å². The molecule has 5 nitrogen and oxygen atoms in total. The normalized spacial score (nSPS) is 12.4. The molecule has 3 aromatic carbocycles. The first-order valence-electron chi connectivity index (χ1n) is 14.4. The summed E-state index contributed by atoms with van der Waals surface area (Å²) in [6.07, 6.45) is 10.9. The molecule has 0 radical (unpaired) electrons. The lowest BCUT2D eigenvalue weighted by Crippen LogP contribution is -2.22. The van der Waals surface area contributed by atoms with Gasteiger partial charge in [0.25, 0.3) is 0 Å². The van der Waals surface area contributed by atoms with Crippen molar-refractivity contribution in [3.05, 3.63) is 71.8 Å². The van der Waals surface area contributed by atoms with Gasteiger partial charge in [0.1, 0.15) is 17.4 Å². The van der Waals surface area contributed by atoms with Crippen molar-refractivity contribution in [1.82, 2.24) is 0 Å². The number of nitriles is 1. The molecular formula is C34H38N2O3S. The molecule has 40 heavy (non-hydrogen) atoms. The Morgan fingerprint density at radius 3 is 2.20 bits per heavy atom. The molecule has 1 heterocycles. The molecule has 0 fully saturated rings. The molecule has 1 aliphatic heterocycles. The van der Waals surface area contributed by atoms with Crippen molar-refractivity contribution in [1.29, 1.82) is 5.26 Å². The van der Waals surface area contributed by atoms with Gasteiger partial charge in [-0.25, -0.2) is 4.79 Å². The zero-order valence-electron chi connectivity index (χ0n) is 23.5. The Kier molecular flexibility index (Phi) is 10.7. The third-order valence-corrected chi connectivity index (χ3v) is 8.19. The van der Waals surface area contributed by atoms with Gasteiger partial charge in [0, 0.05) is 16.3 Å². The molecule has 0 spiro atoms. The molecule has 6 heteroatoms. The Bertz CT molecular complexity index is 1370. The predicted molar refractivity (Wildman–Crippen MR) is 164 cm³/mol. The van der Waals surface area contributed by atoms with Crippen LogP contribution in [0.4, 0.5) is 11.4 Å². The zero-order chi connectivity index (χ0) is 28.3. The minimum Gasteiger partial charge on any atom is -0.494 e. The third-order valence-electron chi connectivity index (χ3n) is 7.10. The van der Waals surface area contributed by atoms with E-state index >= 15 is 0 Å². The highest BCUT2D eigenvalue weighted by molar-refractivity contribution is 7.99. The van der Waals surface area contributed by atoms with E-state index in [0.29, 0.717) is 5.56 Å². The lowest BCUT2D eigenvalue weighted by molar-refractivity contribution is -0.132. The summed E-state index contributed by atoms with van der Waals surface area (Å²) >= 11 is 1.69. The van der Waals surface area contributed by atoms with Gasteiger partial charge < -0.3 is 14.7 Å². The molecule has 0 aliphatic carbocycles. The van der Waals surface area contributed by atoms with Crippen LogP contribution in [0.3, 0.4) is 0 Å². The van der Waals surface area contributed by atoms with E-state index in [0.717, 1.165) is 58.3 Å². The summed E-state index contributed by atoms with van der Waals surface area (Å²) in [5, 5.41) is 18.5. The van der Waals surface area contributed by atoms with Crippen LogP contribution in [0.1, 0.15) is 70.8 Å². The van der Waals surface area contributed by atoms with E-state index in [1.807, 2.05) is 30.3 Å². The maximum Gasteiger partial charge on any atom is 0.346 e. The van der Waals surface area contributed by atoms with E-state index in [9.17, 15) is 15.2 Å². The number of rotatable bonds is 14. The smallest absolute Gasteiger partial charge is 0.346 e. The second kappa shape index (κ2) is 14.6. The topological polar surface area (TPSA) is 73.6 Å². The summed E-state index contributed by atoms with van der Waals surface area (Å²) in [6.45, 7) is 6.10. The molecule has 3 aromatic rings. The Hall–Kier alpha value is -3.69. The molecule has 1 aliphatic rings. The Morgan fingerprint density at radius 2 is 1.52 bits per heavy atom. The number of fused-ring (bicyclic) bond motifs is 2. The molecule has 0 saturated carbocycles. The highest BCUT2D eigenvalue weighted by atomic mass is 32.2. The summed E-state index contributed by atoms with van der Waals surface area (Å²) < 4.78 is 5.93. The molecule has 0 saturated heterocycles. The minimum atomic E-state index is -1.21. The first-order chi connectivity index (χ1) is 19.5. The van der Waals surface area contributed by atoms with Crippen molar-refractivity contribution in [2.24, 2.45) is 0 Å². The number of hydrogen-bond donors (Lipinski definition) is 1. The number of nitrogens with zero attached hydrogens (tertiary/aromatic N) is 2. The van der Waals surface area contributed by atoms with Crippen LogP contribution in [0.25, 0.3) is 17.2 Å². The predicted octanol–water partition coefficient (Wildman–Crippen LogP) is 9.49. The van der Waals surface area contributed by atoms with Crippen molar-refractivity contribution in [2.45, 2.75) is 75.0 Å². The van der Waals surface area contributed by atoms with Gasteiger partial charge in [-0.15, -0.1) is 0 Å². The van der Waals surface area contributed by atoms with Crippen molar-refractivity contribution in [2.75, 3.05) is 18.1 Å². The number of benzene rings is 3. The highest BCUT2D eigenvalue weighted by Gasteiger charge is 2.24. The number of hydrogen-bond acceptors (Lipinski definition) is 5. The SMILES string of the molecule is CCCCCCOc1ccc(-c2ccc3c(c2)Sc2cc(/C=C(/C#N)C(=O)O)ccc2N3CCCCCC)cc1. The van der Waals surface area contributed by atoms with Gasteiger partial charge >= 0.3 is 5.97 Å². The van der Waals surface area contributed by atoms with Crippen molar-refractivity contribution in [3.8, 4) is 22.9 Å². The average Bonchev–Trinajstić information content (AvgIpc) is 2.97. The molecular weight excluding hydrogens is 516 g/mol. The fourth-order valence-electron chi connectivity index (χ4n) is 4.88. The minimum absolute atomic E-state index is 0.270. The number of aliphatic carboxylic acids is 1. The van der Waals surface area contributed by atoms with Crippen LogP contribution in [0, 0.1) is 11.3 Å². The second-order valence-corrected chi connectivity index (χ2v) is 11.2. The van der Waals surface area contributed by atoms with Crippen LogP contribution in [-0.4, -0.2) is 24.2 Å². The molecule has 0 atom stereocenters. The van der Waals surface area contributed by atoms with Gasteiger partial charge in [-0.05, 0) is 72.0 Å². The van der Waals surface area contributed by atoms with Crippen molar-refractivity contribution >= 4 is 35.2 Å². The van der Waals surface area contributed by atoms with Gasteiger partial charge in [0.15, 0.2) is 0 Å². The fraction of sp³-hybridized carbons (Fsp3) is 0.353. The summed E-state index contributed by atoms with van der Waals surface area (Å²) in [5.74, 6) is -0.313. The van der Waals surface area contributed by atoms with Crippen LogP contribution in [0.15, 0.2) is 76.0 Å². The van der Waals surface area contributed by atoms with E-state index < -0.39 is 5.97 Å². The Balaban J connectivity index is 1.59. The summed E-state index contributed by atoms with van der Waals surface area (Å²) in [5.41, 5.74) is 5.03. The van der Waals surface area contributed by atoms with Gasteiger partial charge in [-0.2, -0.15) is 5.26 Å². The van der Waals surface area contributed by atoms with Crippen LogP contribution >= 0.6 is 11.8 Å². The average molecular weight is 555 g/mol. The van der Waals surface area contributed by atoms with E-state index in [1.54, 1.807) is 17.8 Å². The molecule has 0 aromatic heterocycles. The lowest BCUT2D eigenvalue weighted by Gasteiger charge is -2.33. The van der Waals surface area contributed by atoms with E-state index in [-0.39, 0.29) is 5.57 Å². The molecule has 4 rings (SSSR count). The van der Waals surface area contributed by atoms with Crippen molar-refractivity contribution < 1.29 is 14.6 Å². The van der Waals surface area contributed by atoms with Gasteiger partial charge in [-0.3, -0.25) is 0 Å². The number of carboxylic acid groups (broad SMARTS) is 1. The number of anilines is 2.